The van der Waals surface area contributed by atoms with Crippen LogP contribution in [0.3, 0.4) is 0 Å². The van der Waals surface area contributed by atoms with E-state index in [1.807, 2.05) is 0 Å². The van der Waals surface area contributed by atoms with Crippen LogP contribution in [-0.2, 0) is 19.6 Å². The maximum Gasteiger partial charge on any atom is 0.0768 e. The second kappa shape index (κ2) is 6.91. The lowest BCUT2D eigenvalue weighted by Crippen LogP contribution is -2.47. The number of likely N-dealkylation sites (tertiary alicyclic amines) is 1. The molecule has 0 unspecified atom stereocenters. The first kappa shape index (κ1) is 15.0. The molecule has 0 bridgehead atoms. The number of hydrogen-bond acceptors (Lipinski definition) is 5. The molecule has 0 amide bonds. The predicted octanol–water partition coefficient (Wildman–Crippen LogP) is 0.999. The summed E-state index contributed by atoms with van der Waals surface area (Å²) in [5, 5.41) is 8.19. The molecular formula is C16H27N5S. The minimum Gasteiger partial charge on any atom is -0.309 e. The Kier molecular flexibility index (Phi) is 4.71. The van der Waals surface area contributed by atoms with Crippen LogP contribution in [0.25, 0.3) is 0 Å². The number of nitrogens with zero attached hydrogens (tertiary/aromatic N) is 4. The van der Waals surface area contributed by atoms with Crippen molar-refractivity contribution in [3.63, 3.8) is 0 Å². The molecule has 4 rings (SSSR count). The van der Waals surface area contributed by atoms with Crippen LogP contribution in [-0.4, -0.2) is 69.9 Å². The number of fused-ring (bicyclic) bond motifs is 1. The molecule has 0 aliphatic carbocycles. The van der Waals surface area contributed by atoms with Gasteiger partial charge in [-0.2, -0.15) is 16.9 Å². The fraction of sp³-hybridized carbons (Fsp3) is 0.812. The van der Waals surface area contributed by atoms with Gasteiger partial charge in [0, 0.05) is 63.4 Å². The van der Waals surface area contributed by atoms with Gasteiger partial charge in [-0.3, -0.25) is 14.5 Å². The van der Waals surface area contributed by atoms with Crippen molar-refractivity contribution in [3.8, 4) is 0 Å². The Balaban J connectivity index is 1.29. The lowest BCUT2D eigenvalue weighted by Gasteiger charge is -2.39. The Bertz CT molecular complexity index is 465. The van der Waals surface area contributed by atoms with Gasteiger partial charge in [0.2, 0.25) is 0 Å². The molecule has 122 valence electrons. The van der Waals surface area contributed by atoms with Gasteiger partial charge in [0.15, 0.2) is 0 Å². The Labute approximate surface area is 137 Å². The first-order valence-corrected chi connectivity index (χ1v) is 9.84. The van der Waals surface area contributed by atoms with Crippen molar-refractivity contribution in [1.82, 2.24) is 24.9 Å². The zero-order chi connectivity index (χ0) is 14.8. The zero-order valence-corrected chi connectivity index (χ0v) is 14.2. The highest BCUT2D eigenvalue weighted by atomic mass is 32.2. The number of nitrogens with one attached hydrogen (secondary N) is 1. The fourth-order valence-corrected chi connectivity index (χ4v) is 4.88. The summed E-state index contributed by atoms with van der Waals surface area (Å²) in [6.45, 7) is 9.14. The Morgan fingerprint density at radius 1 is 1.14 bits per heavy atom. The summed E-state index contributed by atoms with van der Waals surface area (Å²) in [6.07, 6.45) is 2.67. The molecule has 4 heterocycles. The molecule has 22 heavy (non-hydrogen) atoms. The van der Waals surface area contributed by atoms with E-state index < -0.39 is 0 Å². The monoisotopic (exact) mass is 321 g/mol. The minimum atomic E-state index is 0.830. The van der Waals surface area contributed by atoms with E-state index in [2.05, 4.69) is 37.6 Å². The Morgan fingerprint density at radius 2 is 1.95 bits per heavy atom. The van der Waals surface area contributed by atoms with Gasteiger partial charge < -0.3 is 5.32 Å². The van der Waals surface area contributed by atoms with E-state index in [1.54, 1.807) is 0 Å². The number of aromatic nitrogens is 2. The molecule has 6 heteroatoms. The van der Waals surface area contributed by atoms with Crippen molar-refractivity contribution in [2.75, 3.05) is 44.2 Å². The molecule has 1 aromatic heterocycles. The van der Waals surface area contributed by atoms with Crippen molar-refractivity contribution in [2.45, 2.75) is 38.5 Å². The van der Waals surface area contributed by atoms with Gasteiger partial charge in [0.1, 0.15) is 0 Å². The SMILES string of the molecule is c1c(CN2CCC(N3CCSCC3)CC2)nn2c1CNCC2. The van der Waals surface area contributed by atoms with Crippen molar-refractivity contribution in [1.29, 1.82) is 0 Å². The largest absolute Gasteiger partial charge is 0.309 e. The van der Waals surface area contributed by atoms with Gasteiger partial charge in [-0.05, 0) is 18.9 Å². The maximum atomic E-state index is 4.78. The van der Waals surface area contributed by atoms with E-state index in [-0.39, 0.29) is 0 Å². The topological polar surface area (TPSA) is 36.3 Å². The lowest BCUT2D eigenvalue weighted by molar-refractivity contribution is 0.111. The minimum absolute atomic E-state index is 0.830. The third-order valence-electron chi connectivity index (χ3n) is 5.23. The summed E-state index contributed by atoms with van der Waals surface area (Å²) in [4.78, 5) is 5.33. The lowest BCUT2D eigenvalue weighted by atomic mass is 10.0. The molecule has 2 saturated heterocycles. The molecule has 1 N–H and O–H groups in total. The average molecular weight is 321 g/mol. The number of hydrogen-bond donors (Lipinski definition) is 1. The molecule has 0 saturated carbocycles. The molecular weight excluding hydrogens is 294 g/mol. The van der Waals surface area contributed by atoms with E-state index >= 15 is 0 Å². The quantitative estimate of drug-likeness (QED) is 0.899. The fourth-order valence-electron chi connectivity index (χ4n) is 3.94. The van der Waals surface area contributed by atoms with Crippen molar-refractivity contribution < 1.29 is 0 Å². The maximum absolute atomic E-state index is 4.78. The van der Waals surface area contributed by atoms with Crippen LogP contribution in [0.1, 0.15) is 24.2 Å². The van der Waals surface area contributed by atoms with Crippen LogP contribution >= 0.6 is 11.8 Å². The molecule has 1 aromatic rings. The third kappa shape index (κ3) is 3.35. The van der Waals surface area contributed by atoms with Crippen LogP contribution < -0.4 is 5.32 Å². The van der Waals surface area contributed by atoms with Crippen LogP contribution in [0.2, 0.25) is 0 Å². The molecule has 0 spiro atoms. The molecule has 0 atom stereocenters. The average Bonchev–Trinajstić information content (AvgIpc) is 2.98. The van der Waals surface area contributed by atoms with Crippen LogP contribution in [0, 0.1) is 0 Å². The molecule has 2 fully saturated rings. The first-order valence-electron chi connectivity index (χ1n) is 8.69. The highest BCUT2D eigenvalue weighted by molar-refractivity contribution is 7.99. The number of piperidine rings is 1. The van der Waals surface area contributed by atoms with Crippen molar-refractivity contribution in [2.24, 2.45) is 0 Å². The Hall–Kier alpha value is -0.560. The molecule has 0 aromatic carbocycles. The standard InChI is InChI=1S/C16H27N5S/c1-4-19(5-2-15(1)20-7-9-22-10-8-20)13-14-11-16-12-17-3-6-21(16)18-14/h11,15,17H,1-10,12-13H2. The summed E-state index contributed by atoms with van der Waals surface area (Å²) in [5.41, 5.74) is 2.61. The first-order chi connectivity index (χ1) is 10.9. The van der Waals surface area contributed by atoms with E-state index in [1.165, 1.54) is 61.9 Å². The molecule has 5 nitrogen and oxygen atoms in total. The summed E-state index contributed by atoms with van der Waals surface area (Å²) >= 11 is 2.11. The molecule has 0 radical (unpaired) electrons. The molecule has 3 aliphatic heterocycles. The molecule has 3 aliphatic rings. The second-order valence-electron chi connectivity index (χ2n) is 6.68. The smallest absolute Gasteiger partial charge is 0.0768 e. The van der Waals surface area contributed by atoms with Gasteiger partial charge in [0.05, 0.1) is 17.9 Å². The van der Waals surface area contributed by atoms with Crippen LogP contribution in [0.5, 0.6) is 0 Å². The van der Waals surface area contributed by atoms with Gasteiger partial charge in [-0.1, -0.05) is 0 Å². The second-order valence-corrected chi connectivity index (χ2v) is 7.91. The summed E-state index contributed by atoms with van der Waals surface area (Å²) < 4.78 is 2.18. The van der Waals surface area contributed by atoms with Gasteiger partial charge in [-0.25, -0.2) is 0 Å². The van der Waals surface area contributed by atoms with Gasteiger partial charge in [-0.15, -0.1) is 0 Å². The highest BCUT2D eigenvalue weighted by Crippen LogP contribution is 2.21. The normalized spacial score (nSPS) is 25.3. The van der Waals surface area contributed by atoms with E-state index in [0.717, 1.165) is 32.2 Å². The van der Waals surface area contributed by atoms with E-state index in [9.17, 15) is 0 Å². The zero-order valence-electron chi connectivity index (χ0n) is 13.3. The number of rotatable bonds is 3. The summed E-state index contributed by atoms with van der Waals surface area (Å²) in [6, 6.07) is 3.12. The van der Waals surface area contributed by atoms with Crippen molar-refractivity contribution in [3.05, 3.63) is 17.5 Å². The Morgan fingerprint density at radius 3 is 2.73 bits per heavy atom. The van der Waals surface area contributed by atoms with Gasteiger partial charge >= 0.3 is 0 Å². The summed E-state index contributed by atoms with van der Waals surface area (Å²) in [7, 11) is 0. The van der Waals surface area contributed by atoms with E-state index in [0.29, 0.717) is 0 Å². The van der Waals surface area contributed by atoms with Crippen molar-refractivity contribution >= 4 is 11.8 Å². The summed E-state index contributed by atoms with van der Waals surface area (Å²) in [5.74, 6) is 2.66. The van der Waals surface area contributed by atoms with Gasteiger partial charge in [0.25, 0.3) is 0 Å². The van der Waals surface area contributed by atoms with Crippen LogP contribution in [0.4, 0.5) is 0 Å². The van der Waals surface area contributed by atoms with Crippen LogP contribution in [0.15, 0.2) is 6.07 Å². The predicted molar refractivity (Wildman–Crippen MR) is 91.1 cm³/mol. The van der Waals surface area contributed by atoms with E-state index in [4.69, 9.17) is 5.10 Å². The number of thioether (sulfide) groups is 1. The highest BCUT2D eigenvalue weighted by Gasteiger charge is 2.26. The third-order valence-corrected chi connectivity index (χ3v) is 6.17.